The van der Waals surface area contributed by atoms with E-state index in [0.717, 1.165) is 31.5 Å². The fourth-order valence-corrected chi connectivity index (χ4v) is 4.60. The van der Waals surface area contributed by atoms with Crippen molar-refractivity contribution >= 4 is 5.91 Å². The van der Waals surface area contributed by atoms with Crippen LogP contribution in [0.2, 0.25) is 0 Å². The Kier molecular flexibility index (Phi) is 7.83. The first-order valence-corrected chi connectivity index (χ1v) is 12.5. The first-order valence-electron chi connectivity index (χ1n) is 12.5. The maximum absolute atomic E-state index is 13.4. The number of aliphatic hydroxyl groups excluding tert-OH is 1. The van der Waals surface area contributed by atoms with Crippen LogP contribution in [-0.4, -0.2) is 85.8 Å². The first kappa shape index (κ1) is 24.1. The molecule has 3 aliphatic rings. The van der Waals surface area contributed by atoms with Crippen LogP contribution in [0.15, 0.2) is 48.5 Å². The second-order valence-corrected chi connectivity index (χ2v) is 9.63. The minimum Gasteiger partial charge on any atom is -0.454 e. The van der Waals surface area contributed by atoms with Crippen molar-refractivity contribution in [3.05, 3.63) is 59.7 Å². The summed E-state index contributed by atoms with van der Waals surface area (Å²) in [5.74, 6) is 1.85. The topological polar surface area (TPSA) is 80.7 Å². The SMILES string of the molecule is O=C(c1ccc2c(c1)OCO2)N(CC1CC1)CC1CN(CC(O)COCc2ccccc2)CCO1. The van der Waals surface area contributed by atoms with Crippen molar-refractivity contribution in [3.63, 3.8) is 0 Å². The lowest BCUT2D eigenvalue weighted by molar-refractivity contribution is -0.0599. The van der Waals surface area contributed by atoms with Crippen LogP contribution >= 0.6 is 0 Å². The summed E-state index contributed by atoms with van der Waals surface area (Å²) >= 11 is 0. The standard InChI is InChI=1S/C27H34N2O6/c30-23(18-32-17-21-4-2-1-3-5-21)14-28-10-11-33-24(15-28)16-29(13-20-6-7-20)27(31)22-8-9-25-26(12-22)35-19-34-25/h1-5,8-9,12,20,23-24,30H,6-7,10-11,13-19H2. The van der Waals surface area contributed by atoms with Gasteiger partial charge >= 0.3 is 0 Å². The molecule has 5 rings (SSSR count). The molecule has 2 unspecified atom stereocenters. The third kappa shape index (κ3) is 6.73. The van der Waals surface area contributed by atoms with Crippen molar-refractivity contribution in [2.75, 3.05) is 52.7 Å². The highest BCUT2D eigenvalue weighted by molar-refractivity contribution is 5.95. The number of fused-ring (bicyclic) bond motifs is 1. The highest BCUT2D eigenvalue weighted by Crippen LogP contribution is 2.34. The van der Waals surface area contributed by atoms with Crippen molar-refractivity contribution in [1.82, 2.24) is 9.80 Å². The minimum absolute atomic E-state index is 0.00901. The molecular formula is C27H34N2O6. The van der Waals surface area contributed by atoms with E-state index in [2.05, 4.69) is 4.90 Å². The van der Waals surface area contributed by atoms with Crippen LogP contribution in [0, 0.1) is 5.92 Å². The molecule has 8 nitrogen and oxygen atoms in total. The Hall–Kier alpha value is -2.65. The smallest absolute Gasteiger partial charge is 0.254 e. The van der Waals surface area contributed by atoms with Gasteiger partial charge < -0.3 is 29.0 Å². The van der Waals surface area contributed by atoms with Crippen LogP contribution in [-0.2, 0) is 16.1 Å². The van der Waals surface area contributed by atoms with Gasteiger partial charge in [-0.25, -0.2) is 0 Å². The largest absolute Gasteiger partial charge is 0.454 e. The van der Waals surface area contributed by atoms with Crippen LogP contribution in [0.3, 0.4) is 0 Å². The maximum atomic E-state index is 13.4. The third-order valence-electron chi connectivity index (χ3n) is 6.62. The van der Waals surface area contributed by atoms with E-state index in [4.69, 9.17) is 18.9 Å². The van der Waals surface area contributed by atoms with Crippen molar-refractivity contribution in [3.8, 4) is 11.5 Å². The number of rotatable bonds is 11. The number of benzene rings is 2. The van der Waals surface area contributed by atoms with Crippen LogP contribution in [0.25, 0.3) is 0 Å². The molecule has 0 spiro atoms. The molecule has 1 amide bonds. The number of carbonyl (C=O) groups is 1. The summed E-state index contributed by atoms with van der Waals surface area (Å²) in [6.45, 7) is 4.76. The predicted octanol–water partition coefficient (Wildman–Crippen LogP) is 2.55. The Morgan fingerprint density at radius 2 is 1.94 bits per heavy atom. The Labute approximate surface area is 206 Å². The van der Waals surface area contributed by atoms with Crippen molar-refractivity contribution in [1.29, 1.82) is 0 Å². The molecule has 2 heterocycles. The zero-order valence-corrected chi connectivity index (χ0v) is 20.0. The van der Waals surface area contributed by atoms with Crippen molar-refractivity contribution in [2.45, 2.75) is 31.7 Å². The van der Waals surface area contributed by atoms with E-state index in [1.165, 1.54) is 0 Å². The number of ether oxygens (including phenoxy) is 4. The summed E-state index contributed by atoms with van der Waals surface area (Å²) in [5, 5.41) is 10.5. The molecule has 1 saturated heterocycles. The van der Waals surface area contributed by atoms with Gasteiger partial charge in [0, 0.05) is 38.3 Å². The van der Waals surface area contributed by atoms with Crippen LogP contribution in [0.4, 0.5) is 0 Å². The molecule has 2 fully saturated rings. The van der Waals surface area contributed by atoms with Gasteiger partial charge in [0.1, 0.15) is 0 Å². The lowest BCUT2D eigenvalue weighted by Crippen LogP contribution is -2.51. The van der Waals surface area contributed by atoms with Gasteiger partial charge in [-0.15, -0.1) is 0 Å². The summed E-state index contributed by atoms with van der Waals surface area (Å²) in [4.78, 5) is 17.5. The van der Waals surface area contributed by atoms with Gasteiger partial charge in [0.25, 0.3) is 5.91 Å². The van der Waals surface area contributed by atoms with E-state index in [1.54, 1.807) is 18.2 Å². The van der Waals surface area contributed by atoms with Gasteiger partial charge in [-0.1, -0.05) is 30.3 Å². The number of carbonyl (C=O) groups excluding carboxylic acids is 1. The first-order chi connectivity index (χ1) is 17.1. The number of amides is 1. The quantitative estimate of drug-likeness (QED) is 0.527. The molecule has 2 aromatic carbocycles. The van der Waals surface area contributed by atoms with Gasteiger partial charge in [0.2, 0.25) is 6.79 Å². The molecule has 2 aliphatic heterocycles. The van der Waals surface area contributed by atoms with Crippen LogP contribution in [0.1, 0.15) is 28.8 Å². The molecule has 1 saturated carbocycles. The van der Waals surface area contributed by atoms with Gasteiger partial charge in [-0.05, 0) is 42.5 Å². The average Bonchev–Trinajstić information content (AvgIpc) is 3.56. The lowest BCUT2D eigenvalue weighted by atomic mass is 10.1. The van der Waals surface area contributed by atoms with E-state index in [1.807, 2.05) is 35.2 Å². The normalized spacial score (nSPS) is 20.5. The lowest BCUT2D eigenvalue weighted by Gasteiger charge is -2.36. The molecule has 0 bridgehead atoms. The van der Waals surface area contributed by atoms with E-state index in [9.17, 15) is 9.90 Å². The maximum Gasteiger partial charge on any atom is 0.254 e. The van der Waals surface area contributed by atoms with E-state index >= 15 is 0 Å². The number of hydrogen-bond acceptors (Lipinski definition) is 7. The Morgan fingerprint density at radius 1 is 1.11 bits per heavy atom. The summed E-state index contributed by atoms with van der Waals surface area (Å²) < 4.78 is 22.6. The number of hydrogen-bond donors (Lipinski definition) is 1. The van der Waals surface area contributed by atoms with E-state index < -0.39 is 6.10 Å². The van der Waals surface area contributed by atoms with Crippen molar-refractivity contribution < 1.29 is 28.8 Å². The second kappa shape index (κ2) is 11.4. The molecule has 0 radical (unpaired) electrons. The number of β-amino-alcohol motifs (C(OH)–C–C–N with tert-alkyl or cyclic N) is 1. The second-order valence-electron chi connectivity index (χ2n) is 9.63. The minimum atomic E-state index is -0.574. The molecular weight excluding hydrogens is 448 g/mol. The summed E-state index contributed by atoms with van der Waals surface area (Å²) in [5.41, 5.74) is 1.70. The predicted molar refractivity (Wildman–Crippen MR) is 129 cm³/mol. The van der Waals surface area contributed by atoms with Gasteiger partial charge in [0.05, 0.1) is 32.0 Å². The molecule has 2 aromatic rings. The monoisotopic (exact) mass is 482 g/mol. The van der Waals surface area contributed by atoms with Gasteiger partial charge in [-0.2, -0.15) is 0 Å². The fourth-order valence-electron chi connectivity index (χ4n) is 4.60. The van der Waals surface area contributed by atoms with Gasteiger partial charge in [-0.3, -0.25) is 9.69 Å². The summed E-state index contributed by atoms with van der Waals surface area (Å²) in [6.07, 6.45) is 1.66. The fraction of sp³-hybridized carbons (Fsp3) is 0.519. The summed E-state index contributed by atoms with van der Waals surface area (Å²) in [6, 6.07) is 15.3. The zero-order valence-electron chi connectivity index (χ0n) is 20.0. The Bertz CT molecular complexity index is 983. The average molecular weight is 483 g/mol. The number of morpholine rings is 1. The molecule has 35 heavy (non-hydrogen) atoms. The number of nitrogens with zero attached hydrogens (tertiary/aromatic N) is 2. The number of aliphatic hydroxyl groups is 1. The molecule has 188 valence electrons. The van der Waals surface area contributed by atoms with E-state index in [0.29, 0.717) is 55.8 Å². The van der Waals surface area contributed by atoms with Crippen LogP contribution < -0.4 is 9.47 Å². The highest BCUT2D eigenvalue weighted by atomic mass is 16.7. The highest BCUT2D eigenvalue weighted by Gasteiger charge is 2.31. The zero-order chi connectivity index (χ0) is 24.0. The Morgan fingerprint density at radius 3 is 2.77 bits per heavy atom. The third-order valence-corrected chi connectivity index (χ3v) is 6.62. The van der Waals surface area contributed by atoms with Gasteiger partial charge in [0.15, 0.2) is 11.5 Å². The molecule has 1 N–H and O–H groups in total. The van der Waals surface area contributed by atoms with Crippen LogP contribution in [0.5, 0.6) is 11.5 Å². The summed E-state index contributed by atoms with van der Waals surface area (Å²) in [7, 11) is 0. The Balaban J connectivity index is 1.13. The molecule has 8 heteroatoms. The van der Waals surface area contributed by atoms with Crippen molar-refractivity contribution in [2.24, 2.45) is 5.92 Å². The van der Waals surface area contributed by atoms with E-state index in [-0.39, 0.29) is 25.4 Å². The molecule has 1 aliphatic carbocycles. The molecule has 0 aromatic heterocycles. The molecule has 2 atom stereocenters.